The molecule has 0 unspecified atom stereocenters. The molecule has 4 rings (SSSR count). The fourth-order valence-electron chi connectivity index (χ4n) is 2.89. The van der Waals surface area contributed by atoms with Crippen LogP contribution in [-0.4, -0.2) is 0 Å². The zero-order chi connectivity index (χ0) is 19.0. The first-order valence-corrected chi connectivity index (χ1v) is 9.17. The Hall–Kier alpha value is -2.79. The van der Waals surface area contributed by atoms with Crippen molar-refractivity contribution in [3.05, 3.63) is 83.9 Å². The highest BCUT2D eigenvalue weighted by Gasteiger charge is 2.30. The van der Waals surface area contributed by atoms with Crippen LogP contribution < -0.4 is 4.74 Å². The Bertz CT molecular complexity index is 1080. The van der Waals surface area contributed by atoms with Gasteiger partial charge in [0.05, 0.1) is 10.4 Å². The van der Waals surface area contributed by atoms with Crippen LogP contribution in [0.2, 0.25) is 0 Å². The van der Waals surface area contributed by atoms with Crippen molar-refractivity contribution >= 4 is 21.4 Å². The van der Waals surface area contributed by atoms with Gasteiger partial charge in [0.2, 0.25) is 0 Å². The Balaban J connectivity index is 1.85. The molecule has 5 heteroatoms. The molecule has 136 valence electrons. The molecule has 0 saturated heterocycles. The average molecular weight is 384 g/mol. The zero-order valence-electron chi connectivity index (χ0n) is 14.4. The quantitative estimate of drug-likeness (QED) is 0.352. The Morgan fingerprint density at radius 3 is 2.22 bits per heavy atom. The molecule has 0 amide bonds. The Morgan fingerprint density at radius 2 is 1.56 bits per heavy atom. The molecule has 27 heavy (non-hydrogen) atoms. The summed E-state index contributed by atoms with van der Waals surface area (Å²) in [5.41, 5.74) is 1.16. The molecule has 1 heterocycles. The average Bonchev–Trinajstić information content (AvgIpc) is 2.99. The van der Waals surface area contributed by atoms with Crippen molar-refractivity contribution in [1.29, 1.82) is 0 Å². The topological polar surface area (TPSA) is 9.23 Å². The van der Waals surface area contributed by atoms with Crippen LogP contribution in [0.3, 0.4) is 0 Å². The number of benzene rings is 3. The number of thiophene rings is 1. The van der Waals surface area contributed by atoms with Gasteiger partial charge in [-0.2, -0.15) is 13.2 Å². The normalized spacial score (nSPS) is 11.7. The number of aryl methyl sites for hydroxylation is 1. The third-order valence-electron chi connectivity index (χ3n) is 4.24. The van der Waals surface area contributed by atoms with Crippen LogP contribution >= 0.6 is 11.3 Å². The lowest BCUT2D eigenvalue weighted by Gasteiger charge is -2.10. The fourth-order valence-corrected chi connectivity index (χ4v) is 4.12. The second kappa shape index (κ2) is 6.74. The number of ether oxygens (including phenoxy) is 1. The van der Waals surface area contributed by atoms with Crippen LogP contribution in [0.5, 0.6) is 11.5 Å². The van der Waals surface area contributed by atoms with Gasteiger partial charge in [0.15, 0.2) is 5.75 Å². The molecule has 0 N–H and O–H groups in total. The summed E-state index contributed by atoms with van der Waals surface area (Å²) in [5.74, 6) is 1.35. The third kappa shape index (κ3) is 3.55. The minimum absolute atomic E-state index is 0.659. The van der Waals surface area contributed by atoms with Gasteiger partial charge in [0, 0.05) is 10.1 Å². The largest absolute Gasteiger partial charge is 0.455 e. The summed E-state index contributed by atoms with van der Waals surface area (Å²) in [6, 6.07) is 20.6. The van der Waals surface area contributed by atoms with Gasteiger partial charge in [-0.25, -0.2) is 0 Å². The van der Waals surface area contributed by atoms with Gasteiger partial charge in [-0.1, -0.05) is 36.4 Å². The van der Waals surface area contributed by atoms with E-state index in [-0.39, 0.29) is 0 Å². The third-order valence-corrected chi connectivity index (χ3v) is 5.42. The number of rotatable bonds is 3. The Morgan fingerprint density at radius 1 is 0.852 bits per heavy atom. The van der Waals surface area contributed by atoms with E-state index in [2.05, 4.69) is 6.07 Å². The van der Waals surface area contributed by atoms with Crippen molar-refractivity contribution in [3.8, 4) is 21.9 Å². The second-order valence-corrected chi connectivity index (χ2v) is 7.30. The Kier molecular flexibility index (Phi) is 4.40. The highest BCUT2D eigenvalue weighted by Crippen LogP contribution is 2.46. The molecule has 0 bridgehead atoms. The molecular formula is C22H15F3OS. The molecular weight excluding hydrogens is 369 g/mol. The van der Waals surface area contributed by atoms with Gasteiger partial charge < -0.3 is 4.74 Å². The van der Waals surface area contributed by atoms with Crippen molar-refractivity contribution < 1.29 is 17.9 Å². The number of fused-ring (bicyclic) bond motifs is 1. The van der Waals surface area contributed by atoms with Crippen LogP contribution in [0.1, 0.15) is 11.1 Å². The summed E-state index contributed by atoms with van der Waals surface area (Å²) in [4.78, 5) is 0.813. The number of hydrogen-bond acceptors (Lipinski definition) is 2. The molecule has 4 aromatic rings. The van der Waals surface area contributed by atoms with Crippen LogP contribution in [-0.2, 0) is 6.18 Å². The van der Waals surface area contributed by atoms with Crippen LogP contribution in [0.25, 0.3) is 20.5 Å². The maximum Gasteiger partial charge on any atom is 0.416 e. The van der Waals surface area contributed by atoms with Crippen molar-refractivity contribution in [2.45, 2.75) is 13.1 Å². The van der Waals surface area contributed by atoms with E-state index >= 15 is 0 Å². The fraction of sp³-hybridized carbons (Fsp3) is 0.0909. The van der Waals surface area contributed by atoms with E-state index < -0.39 is 11.7 Å². The van der Waals surface area contributed by atoms with E-state index in [1.54, 1.807) is 0 Å². The molecule has 0 aliphatic heterocycles. The first-order chi connectivity index (χ1) is 12.9. The summed E-state index contributed by atoms with van der Waals surface area (Å²) in [6.45, 7) is 2.01. The molecule has 1 nitrogen and oxygen atoms in total. The van der Waals surface area contributed by atoms with E-state index in [1.165, 1.54) is 23.5 Å². The lowest BCUT2D eigenvalue weighted by Crippen LogP contribution is -2.03. The van der Waals surface area contributed by atoms with E-state index in [0.717, 1.165) is 32.7 Å². The van der Waals surface area contributed by atoms with Gasteiger partial charge >= 0.3 is 6.18 Å². The number of para-hydroxylation sites is 1. The van der Waals surface area contributed by atoms with Gasteiger partial charge in [-0.15, -0.1) is 11.3 Å². The monoisotopic (exact) mass is 384 g/mol. The predicted molar refractivity (Wildman–Crippen MR) is 104 cm³/mol. The minimum Gasteiger partial charge on any atom is -0.455 e. The minimum atomic E-state index is -4.35. The van der Waals surface area contributed by atoms with E-state index in [4.69, 9.17) is 4.74 Å². The van der Waals surface area contributed by atoms with Gasteiger partial charge in [-0.3, -0.25) is 0 Å². The van der Waals surface area contributed by atoms with Crippen molar-refractivity contribution in [3.63, 3.8) is 0 Å². The standard InChI is InChI=1S/C22H15F3OS/c1-14-7-12-18-19(13-14)27-21(20(18)26-17-5-3-2-4-6-17)15-8-10-16(11-9-15)22(23,24)25/h2-13H,1H3. The van der Waals surface area contributed by atoms with Crippen LogP contribution in [0.15, 0.2) is 72.8 Å². The molecule has 0 spiro atoms. The Labute approximate surface area is 158 Å². The van der Waals surface area contributed by atoms with Gasteiger partial charge in [0.1, 0.15) is 5.75 Å². The predicted octanol–water partition coefficient (Wildman–Crippen LogP) is 7.69. The lowest BCUT2D eigenvalue weighted by molar-refractivity contribution is -0.137. The number of halogens is 3. The van der Waals surface area contributed by atoms with Crippen LogP contribution in [0, 0.1) is 6.92 Å². The van der Waals surface area contributed by atoms with Gasteiger partial charge in [0.25, 0.3) is 0 Å². The second-order valence-electron chi connectivity index (χ2n) is 6.25. The molecule has 3 aromatic carbocycles. The highest BCUT2D eigenvalue weighted by molar-refractivity contribution is 7.22. The van der Waals surface area contributed by atoms with Crippen molar-refractivity contribution in [2.24, 2.45) is 0 Å². The lowest BCUT2D eigenvalue weighted by atomic mass is 10.1. The van der Waals surface area contributed by atoms with Crippen LogP contribution in [0.4, 0.5) is 13.2 Å². The first-order valence-electron chi connectivity index (χ1n) is 8.35. The summed E-state index contributed by atoms with van der Waals surface area (Å²) in [5, 5.41) is 0.948. The van der Waals surface area contributed by atoms with Gasteiger partial charge in [-0.05, 0) is 54.4 Å². The highest BCUT2D eigenvalue weighted by atomic mass is 32.1. The number of hydrogen-bond donors (Lipinski definition) is 0. The maximum atomic E-state index is 12.9. The molecule has 0 aliphatic carbocycles. The molecule has 0 radical (unpaired) electrons. The van der Waals surface area contributed by atoms with E-state index in [9.17, 15) is 13.2 Å². The van der Waals surface area contributed by atoms with E-state index in [0.29, 0.717) is 17.1 Å². The molecule has 0 fully saturated rings. The van der Waals surface area contributed by atoms with Crippen molar-refractivity contribution in [1.82, 2.24) is 0 Å². The summed E-state index contributed by atoms with van der Waals surface area (Å²) in [6.07, 6.45) is -4.35. The SMILES string of the molecule is Cc1ccc2c(Oc3ccccc3)c(-c3ccc(C(F)(F)F)cc3)sc2c1. The van der Waals surface area contributed by atoms with E-state index in [1.807, 2.05) is 49.4 Å². The zero-order valence-corrected chi connectivity index (χ0v) is 15.2. The summed E-state index contributed by atoms with van der Waals surface area (Å²) in [7, 11) is 0. The van der Waals surface area contributed by atoms with Crippen molar-refractivity contribution in [2.75, 3.05) is 0 Å². The smallest absolute Gasteiger partial charge is 0.416 e. The summed E-state index contributed by atoms with van der Waals surface area (Å²) < 4.78 is 45.8. The number of alkyl halides is 3. The first kappa shape index (κ1) is 17.6. The molecule has 0 aliphatic rings. The molecule has 0 saturated carbocycles. The maximum absolute atomic E-state index is 12.9. The molecule has 0 atom stereocenters. The molecule has 1 aromatic heterocycles. The summed E-state index contributed by atoms with van der Waals surface area (Å²) >= 11 is 1.52.